The molecule has 9 heteroatoms. The molecule has 0 amide bonds. The number of nitrogens with zero attached hydrogens (tertiary/aromatic N) is 2. The van der Waals surface area contributed by atoms with Crippen LogP contribution in [-0.4, -0.2) is 56.3 Å². The summed E-state index contributed by atoms with van der Waals surface area (Å²) in [5.41, 5.74) is 1.37. The fourth-order valence-electron chi connectivity index (χ4n) is 5.18. The van der Waals surface area contributed by atoms with E-state index in [-0.39, 0.29) is 16.4 Å². The number of nitrogens with one attached hydrogen (secondary N) is 1. The van der Waals surface area contributed by atoms with Crippen molar-refractivity contribution in [2.45, 2.75) is 48.7 Å². The van der Waals surface area contributed by atoms with E-state index in [1.807, 2.05) is 30.3 Å². The first-order valence-corrected chi connectivity index (χ1v) is 13.3. The molecule has 2 N–H and O–H groups in total. The molecule has 0 bridgehead atoms. The maximum absolute atomic E-state index is 13.6. The summed E-state index contributed by atoms with van der Waals surface area (Å²) in [4.78, 5) is 0.784. The molecule has 7 nitrogen and oxygen atoms in total. The molecule has 0 radical (unpaired) electrons. The fourth-order valence-corrected chi connectivity index (χ4v) is 7.30. The number of anilines is 1. The van der Waals surface area contributed by atoms with Crippen LogP contribution in [0.1, 0.15) is 32.3 Å². The van der Waals surface area contributed by atoms with Crippen molar-refractivity contribution in [2.75, 3.05) is 31.1 Å². The lowest BCUT2D eigenvalue weighted by Gasteiger charge is -2.44. The van der Waals surface area contributed by atoms with Crippen LogP contribution in [0.15, 0.2) is 53.4 Å². The number of benzene rings is 2. The first-order valence-electron chi connectivity index (χ1n) is 11.4. The Morgan fingerprint density at radius 2 is 1.97 bits per heavy atom. The molecule has 3 aliphatic rings. The average Bonchev–Trinajstić information content (AvgIpc) is 3.34. The predicted octanol–water partition coefficient (Wildman–Crippen LogP) is 2.77. The Bertz CT molecular complexity index is 1140. The zero-order chi connectivity index (χ0) is 23.4. The molecular weight excluding hydrogens is 458 g/mol. The van der Waals surface area contributed by atoms with Gasteiger partial charge in [-0.05, 0) is 48.6 Å². The Labute approximate surface area is 201 Å². The Hall–Kier alpha value is -1.78. The van der Waals surface area contributed by atoms with Crippen LogP contribution in [0.25, 0.3) is 0 Å². The molecule has 0 aromatic heterocycles. The second kappa shape index (κ2) is 8.16. The summed E-state index contributed by atoms with van der Waals surface area (Å²) < 4.78 is 34.6. The molecule has 0 spiro atoms. The van der Waals surface area contributed by atoms with Crippen molar-refractivity contribution in [1.29, 1.82) is 0 Å². The van der Waals surface area contributed by atoms with Gasteiger partial charge < -0.3 is 14.7 Å². The van der Waals surface area contributed by atoms with Crippen molar-refractivity contribution in [1.82, 2.24) is 9.62 Å². The van der Waals surface area contributed by atoms with E-state index in [1.54, 1.807) is 22.5 Å². The Morgan fingerprint density at radius 3 is 2.73 bits per heavy atom. The van der Waals surface area contributed by atoms with E-state index in [0.717, 1.165) is 37.4 Å². The highest BCUT2D eigenvalue weighted by Crippen LogP contribution is 2.49. The molecule has 2 aromatic carbocycles. The van der Waals surface area contributed by atoms with E-state index in [0.29, 0.717) is 18.7 Å². The van der Waals surface area contributed by atoms with Gasteiger partial charge in [0.1, 0.15) is 18.5 Å². The summed E-state index contributed by atoms with van der Waals surface area (Å²) >= 11 is 4.57. The Kier molecular flexibility index (Phi) is 5.69. The Morgan fingerprint density at radius 1 is 1.21 bits per heavy atom. The number of hydrogen-bond acceptors (Lipinski definition) is 7. The van der Waals surface area contributed by atoms with Gasteiger partial charge in [-0.15, -0.1) is 12.6 Å². The van der Waals surface area contributed by atoms with Crippen LogP contribution in [-0.2, 0) is 15.0 Å². The van der Waals surface area contributed by atoms with Gasteiger partial charge in [-0.2, -0.15) is 4.31 Å². The second-order valence-corrected chi connectivity index (χ2v) is 12.6. The first kappa shape index (κ1) is 23.0. The molecule has 1 unspecified atom stereocenters. The number of rotatable bonds is 5. The van der Waals surface area contributed by atoms with Gasteiger partial charge in [0.05, 0.1) is 10.9 Å². The predicted molar refractivity (Wildman–Crippen MR) is 131 cm³/mol. The van der Waals surface area contributed by atoms with Crippen molar-refractivity contribution < 1.29 is 18.3 Å². The summed E-state index contributed by atoms with van der Waals surface area (Å²) in [6.45, 7) is 6.58. The standard InChI is InChI=1S/C24H31N3O4S2/c1-23(2)15-25-22-24(28,32)20-13-19(10-11-21(20)26(22)16-23)33(29,30)27-12-6-7-17(27)14-31-18-8-4-3-5-9-18/h3-5,8-11,13,17,22,25,28,32H,6-7,12,14-16H2,1-2H3/t17-,22?,24+/m0/s1. The monoisotopic (exact) mass is 489 g/mol. The topological polar surface area (TPSA) is 82.1 Å². The molecule has 2 saturated heterocycles. The summed E-state index contributed by atoms with van der Waals surface area (Å²) in [6.07, 6.45) is 1.14. The third-order valence-corrected chi connectivity index (χ3v) is 9.29. The van der Waals surface area contributed by atoms with Crippen molar-refractivity contribution in [3.8, 4) is 5.75 Å². The molecular formula is C24H31N3O4S2. The van der Waals surface area contributed by atoms with Gasteiger partial charge >= 0.3 is 0 Å². The van der Waals surface area contributed by atoms with Gasteiger partial charge in [0.15, 0.2) is 4.93 Å². The summed E-state index contributed by atoms with van der Waals surface area (Å²) in [5.74, 6) is 0.728. The zero-order valence-corrected chi connectivity index (χ0v) is 20.6. The normalized spacial score (nSPS) is 29.0. The lowest BCUT2D eigenvalue weighted by molar-refractivity contribution is 0.0813. The molecule has 33 heavy (non-hydrogen) atoms. The molecule has 2 aromatic rings. The van der Waals surface area contributed by atoms with E-state index in [1.165, 1.54) is 0 Å². The molecule has 2 fully saturated rings. The quantitative estimate of drug-likeness (QED) is 0.443. The summed E-state index contributed by atoms with van der Waals surface area (Å²) in [5, 5.41) is 14.6. The van der Waals surface area contributed by atoms with Crippen LogP contribution in [0.2, 0.25) is 0 Å². The lowest BCUT2D eigenvalue weighted by Crippen LogP contribution is -2.61. The molecule has 5 rings (SSSR count). The third kappa shape index (κ3) is 4.04. The lowest BCUT2D eigenvalue weighted by atomic mass is 9.90. The highest BCUT2D eigenvalue weighted by molar-refractivity contribution is 7.89. The minimum atomic E-state index is -3.75. The van der Waals surface area contributed by atoms with Crippen molar-refractivity contribution >= 4 is 28.3 Å². The number of ether oxygens (including phenoxy) is 1. The second-order valence-electron chi connectivity index (χ2n) is 10.0. The number of hydrogen-bond donors (Lipinski definition) is 3. The van der Waals surface area contributed by atoms with Gasteiger partial charge in [-0.25, -0.2) is 8.42 Å². The highest BCUT2D eigenvalue weighted by Gasteiger charge is 2.52. The Balaban J connectivity index is 1.41. The van der Waals surface area contributed by atoms with E-state index in [4.69, 9.17) is 4.74 Å². The van der Waals surface area contributed by atoms with Gasteiger partial charge in [0, 0.05) is 30.9 Å². The average molecular weight is 490 g/mol. The van der Waals surface area contributed by atoms with E-state index >= 15 is 0 Å². The van der Waals surface area contributed by atoms with Crippen molar-refractivity contribution in [2.24, 2.45) is 5.41 Å². The SMILES string of the molecule is CC1(C)CNC2N(C1)c1ccc(S(=O)(=O)N3CCC[C@H]3COc3ccccc3)cc1[C@@]2(O)S. The number of thiol groups is 1. The van der Waals surface area contributed by atoms with Crippen molar-refractivity contribution in [3.63, 3.8) is 0 Å². The van der Waals surface area contributed by atoms with Crippen LogP contribution >= 0.6 is 12.6 Å². The van der Waals surface area contributed by atoms with Gasteiger partial charge in [-0.3, -0.25) is 5.32 Å². The molecule has 3 heterocycles. The van der Waals surface area contributed by atoms with Crippen molar-refractivity contribution in [3.05, 3.63) is 54.1 Å². The minimum Gasteiger partial charge on any atom is -0.492 e. The van der Waals surface area contributed by atoms with E-state index in [2.05, 4.69) is 36.7 Å². The van der Waals surface area contributed by atoms with Crippen LogP contribution in [0.5, 0.6) is 5.75 Å². The minimum absolute atomic E-state index is 0.0221. The molecule has 3 aliphatic heterocycles. The summed E-state index contributed by atoms with van der Waals surface area (Å²) in [7, 11) is -3.75. The summed E-state index contributed by atoms with van der Waals surface area (Å²) in [6, 6.07) is 14.3. The van der Waals surface area contributed by atoms with Gasteiger partial charge in [-0.1, -0.05) is 32.0 Å². The van der Waals surface area contributed by atoms with E-state index in [9.17, 15) is 13.5 Å². The van der Waals surface area contributed by atoms with Gasteiger partial charge in [0.2, 0.25) is 10.0 Å². The number of aliphatic hydroxyl groups is 1. The zero-order valence-electron chi connectivity index (χ0n) is 18.9. The fraction of sp³-hybridized carbons (Fsp3) is 0.500. The van der Waals surface area contributed by atoms with Crippen LogP contribution in [0.3, 0.4) is 0 Å². The first-order chi connectivity index (χ1) is 15.6. The molecule has 178 valence electrons. The van der Waals surface area contributed by atoms with Gasteiger partial charge in [0.25, 0.3) is 0 Å². The molecule has 3 atom stereocenters. The molecule has 0 saturated carbocycles. The third-order valence-electron chi connectivity index (χ3n) is 6.85. The van der Waals surface area contributed by atoms with E-state index < -0.39 is 21.1 Å². The largest absolute Gasteiger partial charge is 0.492 e. The van der Waals surface area contributed by atoms with Crippen LogP contribution in [0.4, 0.5) is 5.69 Å². The van der Waals surface area contributed by atoms with Crippen LogP contribution in [0, 0.1) is 5.41 Å². The number of sulfonamides is 1. The maximum Gasteiger partial charge on any atom is 0.243 e. The van der Waals surface area contributed by atoms with Crippen LogP contribution < -0.4 is 15.0 Å². The number of para-hydroxylation sites is 1. The maximum atomic E-state index is 13.6. The smallest absolute Gasteiger partial charge is 0.243 e. The molecule has 0 aliphatic carbocycles. The number of fused-ring (bicyclic) bond motifs is 3. The highest BCUT2D eigenvalue weighted by atomic mass is 32.2.